The maximum atomic E-state index is 6.04. The quantitative estimate of drug-likeness (QED) is 0.295. The number of fused-ring (bicyclic) bond motifs is 3. The highest BCUT2D eigenvalue weighted by Crippen LogP contribution is 2.32. The molecule has 3 nitrogen and oxygen atoms in total. The molecule has 0 atom stereocenters. The summed E-state index contributed by atoms with van der Waals surface area (Å²) in [4.78, 5) is 0. The number of ether oxygens (including phenoxy) is 1. The Hall–Kier alpha value is -2.01. The Bertz CT molecular complexity index is 1030. The van der Waals surface area contributed by atoms with E-state index in [1.807, 2.05) is 42.5 Å². The predicted octanol–water partition coefficient (Wildman–Crippen LogP) is 6.77. The second-order valence-electron chi connectivity index (χ2n) is 6.62. The Labute approximate surface area is 180 Å². The van der Waals surface area contributed by atoms with Crippen LogP contribution < -0.4 is 10.1 Å². The van der Waals surface area contributed by atoms with E-state index in [4.69, 9.17) is 20.8 Å². The van der Waals surface area contributed by atoms with Crippen LogP contribution in [0.25, 0.3) is 21.9 Å². The van der Waals surface area contributed by atoms with Crippen LogP contribution in [-0.4, -0.2) is 13.2 Å². The van der Waals surface area contributed by atoms with E-state index in [0.29, 0.717) is 11.6 Å². The third-order valence-electron chi connectivity index (χ3n) is 4.60. The summed E-state index contributed by atoms with van der Waals surface area (Å²) in [5.74, 6) is 0.838. The molecule has 1 N–H and O–H groups in total. The second kappa shape index (κ2) is 9.97. The van der Waals surface area contributed by atoms with Gasteiger partial charge in [-0.2, -0.15) is 0 Å². The fourth-order valence-corrected chi connectivity index (χ4v) is 3.35. The average Bonchev–Trinajstić information content (AvgIpc) is 3.04. The minimum absolute atomic E-state index is 0. The van der Waals surface area contributed by atoms with Gasteiger partial charge in [0.05, 0.1) is 6.61 Å². The van der Waals surface area contributed by atoms with E-state index < -0.39 is 0 Å². The summed E-state index contributed by atoms with van der Waals surface area (Å²) in [6.07, 6.45) is 2.09. The summed E-state index contributed by atoms with van der Waals surface area (Å²) < 4.78 is 11.8. The first kappa shape index (κ1) is 20.7. The molecular formula is C23H23BrClNO2. The maximum absolute atomic E-state index is 6.04. The van der Waals surface area contributed by atoms with Gasteiger partial charge in [-0.15, -0.1) is 17.0 Å². The van der Waals surface area contributed by atoms with Crippen molar-refractivity contribution in [2.24, 2.45) is 0 Å². The van der Waals surface area contributed by atoms with Crippen LogP contribution in [0.5, 0.6) is 5.75 Å². The topological polar surface area (TPSA) is 34.4 Å². The Balaban J connectivity index is 0.00000225. The van der Waals surface area contributed by atoms with Crippen LogP contribution in [0.2, 0.25) is 5.02 Å². The molecule has 28 heavy (non-hydrogen) atoms. The zero-order valence-electron chi connectivity index (χ0n) is 15.5. The van der Waals surface area contributed by atoms with Crippen molar-refractivity contribution in [1.29, 1.82) is 0 Å². The molecule has 0 bridgehead atoms. The van der Waals surface area contributed by atoms with E-state index in [9.17, 15) is 0 Å². The molecule has 0 aliphatic heterocycles. The van der Waals surface area contributed by atoms with E-state index in [1.165, 1.54) is 5.56 Å². The zero-order chi connectivity index (χ0) is 18.5. The third kappa shape index (κ3) is 5.07. The van der Waals surface area contributed by atoms with Crippen molar-refractivity contribution in [3.63, 3.8) is 0 Å². The average molecular weight is 461 g/mol. The first-order chi connectivity index (χ1) is 13.3. The van der Waals surface area contributed by atoms with Gasteiger partial charge in [-0.1, -0.05) is 41.9 Å². The minimum atomic E-state index is 0. The van der Waals surface area contributed by atoms with Crippen molar-refractivity contribution >= 4 is 50.5 Å². The van der Waals surface area contributed by atoms with E-state index in [0.717, 1.165) is 53.6 Å². The number of hydrogen-bond acceptors (Lipinski definition) is 3. The number of nitrogens with one attached hydrogen (secondary N) is 1. The van der Waals surface area contributed by atoms with Crippen LogP contribution in [0.15, 0.2) is 71.1 Å². The molecule has 4 rings (SSSR count). The van der Waals surface area contributed by atoms with Crippen LogP contribution in [0.3, 0.4) is 0 Å². The molecule has 0 fully saturated rings. The molecule has 3 aromatic carbocycles. The molecule has 0 radical (unpaired) electrons. The van der Waals surface area contributed by atoms with Gasteiger partial charge in [0.1, 0.15) is 16.9 Å². The van der Waals surface area contributed by atoms with Gasteiger partial charge in [-0.05, 0) is 49.2 Å². The van der Waals surface area contributed by atoms with Gasteiger partial charge in [0.15, 0.2) is 0 Å². The highest BCUT2D eigenvalue weighted by Gasteiger charge is 2.08. The van der Waals surface area contributed by atoms with Crippen LogP contribution in [0.4, 0.5) is 0 Å². The molecule has 0 aliphatic rings. The Morgan fingerprint density at radius 3 is 2.43 bits per heavy atom. The van der Waals surface area contributed by atoms with Gasteiger partial charge in [-0.25, -0.2) is 0 Å². The number of furan rings is 1. The fraction of sp³-hybridized carbons (Fsp3) is 0.217. The van der Waals surface area contributed by atoms with Crippen LogP contribution in [0, 0.1) is 0 Å². The second-order valence-corrected chi connectivity index (χ2v) is 7.05. The number of rotatable bonds is 8. The lowest BCUT2D eigenvalue weighted by molar-refractivity contribution is 0.306. The lowest BCUT2D eigenvalue weighted by Crippen LogP contribution is -2.15. The van der Waals surface area contributed by atoms with Crippen LogP contribution in [0.1, 0.15) is 18.4 Å². The highest BCUT2D eigenvalue weighted by molar-refractivity contribution is 8.93. The SMILES string of the molecule is Br.Clc1ccc2c(c1)oc1cc(OCCCCNCc3ccccc3)ccc12. The van der Waals surface area contributed by atoms with E-state index >= 15 is 0 Å². The van der Waals surface area contributed by atoms with E-state index in [1.54, 1.807) is 0 Å². The monoisotopic (exact) mass is 459 g/mol. The molecule has 146 valence electrons. The number of benzene rings is 3. The van der Waals surface area contributed by atoms with Crippen LogP contribution in [-0.2, 0) is 6.54 Å². The van der Waals surface area contributed by atoms with Gasteiger partial charge < -0.3 is 14.5 Å². The summed E-state index contributed by atoms with van der Waals surface area (Å²) >= 11 is 6.04. The molecule has 0 amide bonds. The molecule has 0 aliphatic carbocycles. The zero-order valence-corrected chi connectivity index (χ0v) is 18.0. The van der Waals surface area contributed by atoms with Gasteiger partial charge >= 0.3 is 0 Å². The maximum Gasteiger partial charge on any atom is 0.139 e. The molecule has 0 saturated carbocycles. The molecule has 0 spiro atoms. The summed E-state index contributed by atoms with van der Waals surface area (Å²) in [5, 5.41) is 6.30. The summed E-state index contributed by atoms with van der Waals surface area (Å²) in [6, 6.07) is 22.2. The summed E-state index contributed by atoms with van der Waals surface area (Å²) in [6.45, 7) is 2.60. The Kier molecular flexibility index (Phi) is 7.37. The smallest absolute Gasteiger partial charge is 0.139 e. The largest absolute Gasteiger partial charge is 0.493 e. The normalized spacial score (nSPS) is 10.9. The molecule has 1 heterocycles. The highest BCUT2D eigenvalue weighted by atomic mass is 79.9. The molecule has 4 aromatic rings. The first-order valence-corrected chi connectivity index (χ1v) is 9.67. The van der Waals surface area contributed by atoms with E-state index in [-0.39, 0.29) is 17.0 Å². The van der Waals surface area contributed by atoms with Crippen molar-refractivity contribution in [1.82, 2.24) is 5.32 Å². The van der Waals surface area contributed by atoms with Gasteiger partial charge in [-0.3, -0.25) is 0 Å². The van der Waals surface area contributed by atoms with Gasteiger partial charge in [0.25, 0.3) is 0 Å². The first-order valence-electron chi connectivity index (χ1n) is 9.29. The standard InChI is InChI=1S/C23H22ClNO2.BrH/c24-18-8-10-20-21-11-9-19(15-23(21)27-22(20)14-18)26-13-5-4-12-25-16-17-6-2-1-3-7-17;/h1-3,6-11,14-15,25H,4-5,12-13,16H2;1H. The minimum Gasteiger partial charge on any atom is -0.493 e. The predicted molar refractivity (Wildman–Crippen MR) is 122 cm³/mol. The fourth-order valence-electron chi connectivity index (χ4n) is 3.19. The number of unbranched alkanes of at least 4 members (excludes halogenated alkanes) is 1. The summed E-state index contributed by atoms with van der Waals surface area (Å²) in [7, 11) is 0. The number of halogens is 2. The molecule has 0 unspecified atom stereocenters. The van der Waals surface area contributed by atoms with Crippen LogP contribution >= 0.6 is 28.6 Å². The van der Waals surface area contributed by atoms with Crippen molar-refractivity contribution in [2.75, 3.05) is 13.2 Å². The Morgan fingerprint density at radius 2 is 1.61 bits per heavy atom. The van der Waals surface area contributed by atoms with Crippen molar-refractivity contribution in [3.05, 3.63) is 77.3 Å². The molecule has 0 saturated heterocycles. The molecule has 5 heteroatoms. The molecular weight excluding hydrogens is 438 g/mol. The summed E-state index contributed by atoms with van der Waals surface area (Å²) in [5.41, 5.74) is 2.95. The lowest BCUT2D eigenvalue weighted by Gasteiger charge is -2.07. The van der Waals surface area contributed by atoms with Crippen molar-refractivity contribution in [2.45, 2.75) is 19.4 Å². The van der Waals surface area contributed by atoms with E-state index in [2.05, 4.69) is 29.6 Å². The lowest BCUT2D eigenvalue weighted by atomic mass is 10.1. The van der Waals surface area contributed by atoms with Gasteiger partial charge in [0, 0.05) is 34.5 Å². The van der Waals surface area contributed by atoms with Crippen molar-refractivity contribution < 1.29 is 9.15 Å². The number of hydrogen-bond donors (Lipinski definition) is 1. The van der Waals surface area contributed by atoms with Crippen molar-refractivity contribution in [3.8, 4) is 5.75 Å². The Morgan fingerprint density at radius 1 is 0.857 bits per heavy atom. The molecule has 1 aromatic heterocycles. The van der Waals surface area contributed by atoms with Gasteiger partial charge in [0.2, 0.25) is 0 Å². The third-order valence-corrected chi connectivity index (χ3v) is 4.83.